The molecule has 0 aliphatic carbocycles. The Balaban J connectivity index is 2.11. The first-order valence-electron chi connectivity index (χ1n) is 7.21. The molecule has 0 fully saturated rings. The van der Waals surface area contributed by atoms with Crippen LogP contribution in [0.4, 0.5) is 5.95 Å². The van der Waals surface area contributed by atoms with Gasteiger partial charge in [0.25, 0.3) is 0 Å². The zero-order chi connectivity index (χ0) is 14.5. The van der Waals surface area contributed by atoms with Gasteiger partial charge in [0, 0.05) is 12.6 Å². The highest BCUT2D eigenvalue weighted by Gasteiger charge is 2.09. The minimum atomic E-state index is 0.577. The number of aryl methyl sites for hydroxylation is 1. The van der Waals surface area contributed by atoms with Crippen molar-refractivity contribution in [3.8, 4) is 5.75 Å². The van der Waals surface area contributed by atoms with Crippen LogP contribution in [0.25, 0.3) is 11.0 Å². The minimum Gasteiger partial charge on any atom is -0.497 e. The van der Waals surface area contributed by atoms with E-state index < -0.39 is 0 Å². The van der Waals surface area contributed by atoms with E-state index >= 15 is 0 Å². The van der Waals surface area contributed by atoms with E-state index in [-0.39, 0.29) is 0 Å². The summed E-state index contributed by atoms with van der Waals surface area (Å²) < 4.78 is 7.30. The molecule has 0 atom stereocenters. The SMILES string of the molecule is CCN(CC)CCCn1c(N)nc2cc(OC)ccc21. The maximum absolute atomic E-state index is 6.02. The predicted molar refractivity (Wildman–Crippen MR) is 83.1 cm³/mol. The molecule has 20 heavy (non-hydrogen) atoms. The molecule has 0 unspecified atom stereocenters. The Bertz CT molecular complexity index is 560. The van der Waals surface area contributed by atoms with E-state index in [0.29, 0.717) is 5.95 Å². The van der Waals surface area contributed by atoms with Crippen LogP contribution < -0.4 is 10.5 Å². The van der Waals surface area contributed by atoms with Crippen molar-refractivity contribution in [2.24, 2.45) is 0 Å². The van der Waals surface area contributed by atoms with Gasteiger partial charge < -0.3 is 19.9 Å². The van der Waals surface area contributed by atoms with Gasteiger partial charge in [-0.15, -0.1) is 0 Å². The average Bonchev–Trinajstić information content (AvgIpc) is 2.78. The number of nitrogens with two attached hydrogens (primary N) is 1. The summed E-state index contributed by atoms with van der Waals surface area (Å²) in [4.78, 5) is 6.82. The quantitative estimate of drug-likeness (QED) is 0.843. The summed E-state index contributed by atoms with van der Waals surface area (Å²) in [6.07, 6.45) is 1.07. The molecule has 5 heteroatoms. The van der Waals surface area contributed by atoms with Crippen LogP contribution in [0.1, 0.15) is 20.3 Å². The molecule has 110 valence electrons. The Hall–Kier alpha value is -1.75. The molecule has 1 heterocycles. The number of anilines is 1. The molecule has 0 aliphatic rings. The normalized spacial score (nSPS) is 11.4. The van der Waals surface area contributed by atoms with Crippen LogP contribution in [0.15, 0.2) is 18.2 Å². The van der Waals surface area contributed by atoms with E-state index in [1.54, 1.807) is 7.11 Å². The Morgan fingerprint density at radius 1 is 1.30 bits per heavy atom. The van der Waals surface area contributed by atoms with Gasteiger partial charge in [0.15, 0.2) is 0 Å². The first kappa shape index (κ1) is 14.7. The summed E-state index contributed by atoms with van der Waals surface area (Å²) >= 11 is 0. The van der Waals surface area contributed by atoms with Gasteiger partial charge in [-0.05, 0) is 38.2 Å². The fraction of sp³-hybridized carbons (Fsp3) is 0.533. The minimum absolute atomic E-state index is 0.577. The Morgan fingerprint density at radius 2 is 2.05 bits per heavy atom. The number of methoxy groups -OCH3 is 1. The number of fused-ring (bicyclic) bond motifs is 1. The monoisotopic (exact) mass is 276 g/mol. The number of hydrogen-bond donors (Lipinski definition) is 1. The molecular weight excluding hydrogens is 252 g/mol. The van der Waals surface area contributed by atoms with E-state index in [1.807, 2.05) is 18.2 Å². The van der Waals surface area contributed by atoms with Crippen molar-refractivity contribution in [2.45, 2.75) is 26.8 Å². The molecule has 0 bridgehead atoms. The standard InChI is InChI=1S/C15H24N4O/c1-4-18(5-2)9-6-10-19-14-8-7-12(20-3)11-13(14)17-15(19)16/h7-8,11H,4-6,9-10H2,1-3H3,(H2,16,17). The summed E-state index contributed by atoms with van der Waals surface area (Å²) in [7, 11) is 1.66. The number of rotatable bonds is 7. The van der Waals surface area contributed by atoms with E-state index in [4.69, 9.17) is 10.5 Å². The molecule has 0 saturated heterocycles. The van der Waals surface area contributed by atoms with Crippen LogP contribution in [-0.4, -0.2) is 41.2 Å². The van der Waals surface area contributed by atoms with Gasteiger partial charge in [-0.1, -0.05) is 13.8 Å². The lowest BCUT2D eigenvalue weighted by Gasteiger charge is -2.18. The first-order valence-corrected chi connectivity index (χ1v) is 7.21. The number of nitrogens with zero attached hydrogens (tertiary/aromatic N) is 3. The van der Waals surface area contributed by atoms with Crippen molar-refractivity contribution >= 4 is 17.0 Å². The molecule has 0 aliphatic heterocycles. The van der Waals surface area contributed by atoms with Gasteiger partial charge in [0.05, 0.1) is 18.1 Å². The highest BCUT2D eigenvalue weighted by Crippen LogP contribution is 2.23. The zero-order valence-electron chi connectivity index (χ0n) is 12.6. The first-order chi connectivity index (χ1) is 9.69. The summed E-state index contributed by atoms with van der Waals surface area (Å²) in [6, 6.07) is 5.89. The average molecular weight is 276 g/mol. The van der Waals surface area contributed by atoms with Crippen LogP contribution >= 0.6 is 0 Å². The molecule has 0 spiro atoms. The van der Waals surface area contributed by atoms with Gasteiger partial charge in [-0.2, -0.15) is 0 Å². The number of imidazole rings is 1. The predicted octanol–water partition coefficient (Wildman–Crippen LogP) is 2.36. The molecule has 1 aromatic carbocycles. The Labute approximate surface area is 120 Å². The lowest BCUT2D eigenvalue weighted by molar-refractivity contribution is 0.294. The van der Waals surface area contributed by atoms with Gasteiger partial charge in [0.1, 0.15) is 5.75 Å². The lowest BCUT2D eigenvalue weighted by atomic mass is 10.3. The third-order valence-electron chi connectivity index (χ3n) is 3.74. The molecule has 0 radical (unpaired) electrons. The van der Waals surface area contributed by atoms with E-state index in [9.17, 15) is 0 Å². The van der Waals surface area contributed by atoms with Crippen molar-refractivity contribution in [1.29, 1.82) is 0 Å². The third kappa shape index (κ3) is 3.04. The summed E-state index contributed by atoms with van der Waals surface area (Å²) in [6.45, 7) is 8.54. The van der Waals surface area contributed by atoms with Crippen molar-refractivity contribution in [3.63, 3.8) is 0 Å². The summed E-state index contributed by atoms with van der Waals surface area (Å²) in [5.74, 6) is 1.39. The molecule has 0 amide bonds. The van der Waals surface area contributed by atoms with Crippen molar-refractivity contribution in [2.75, 3.05) is 32.5 Å². The number of nitrogen functional groups attached to an aromatic ring is 1. The van der Waals surface area contributed by atoms with Gasteiger partial charge in [-0.25, -0.2) is 4.98 Å². The van der Waals surface area contributed by atoms with Gasteiger partial charge in [-0.3, -0.25) is 0 Å². The van der Waals surface area contributed by atoms with Crippen molar-refractivity contribution in [3.05, 3.63) is 18.2 Å². The molecule has 1 aromatic heterocycles. The van der Waals surface area contributed by atoms with Crippen LogP contribution in [0, 0.1) is 0 Å². The number of aromatic nitrogens is 2. The summed E-state index contributed by atoms with van der Waals surface area (Å²) in [5.41, 5.74) is 7.99. The van der Waals surface area contributed by atoms with E-state index in [2.05, 4.69) is 28.3 Å². The smallest absolute Gasteiger partial charge is 0.201 e. The maximum atomic E-state index is 6.02. The van der Waals surface area contributed by atoms with E-state index in [0.717, 1.165) is 49.4 Å². The molecule has 2 N–H and O–H groups in total. The molecule has 0 saturated carbocycles. The highest BCUT2D eigenvalue weighted by molar-refractivity contribution is 5.79. The van der Waals surface area contributed by atoms with Crippen LogP contribution in [0.5, 0.6) is 5.75 Å². The van der Waals surface area contributed by atoms with Crippen molar-refractivity contribution < 1.29 is 4.74 Å². The number of benzene rings is 1. The Morgan fingerprint density at radius 3 is 2.70 bits per heavy atom. The van der Waals surface area contributed by atoms with Gasteiger partial charge >= 0.3 is 0 Å². The van der Waals surface area contributed by atoms with Crippen LogP contribution in [0.3, 0.4) is 0 Å². The van der Waals surface area contributed by atoms with Crippen LogP contribution in [0.2, 0.25) is 0 Å². The summed E-state index contributed by atoms with van der Waals surface area (Å²) in [5, 5.41) is 0. The number of ether oxygens (including phenoxy) is 1. The molecule has 5 nitrogen and oxygen atoms in total. The fourth-order valence-electron chi connectivity index (χ4n) is 2.48. The van der Waals surface area contributed by atoms with E-state index in [1.165, 1.54) is 0 Å². The maximum Gasteiger partial charge on any atom is 0.201 e. The largest absolute Gasteiger partial charge is 0.497 e. The third-order valence-corrected chi connectivity index (χ3v) is 3.74. The second-order valence-corrected chi connectivity index (χ2v) is 4.86. The Kier molecular flexibility index (Phi) is 4.84. The van der Waals surface area contributed by atoms with Crippen molar-refractivity contribution in [1.82, 2.24) is 14.5 Å². The second kappa shape index (κ2) is 6.61. The number of hydrogen-bond acceptors (Lipinski definition) is 4. The topological polar surface area (TPSA) is 56.3 Å². The second-order valence-electron chi connectivity index (χ2n) is 4.86. The highest BCUT2D eigenvalue weighted by atomic mass is 16.5. The molecular formula is C15H24N4O. The lowest BCUT2D eigenvalue weighted by Crippen LogP contribution is -2.25. The zero-order valence-corrected chi connectivity index (χ0v) is 12.6. The molecule has 2 rings (SSSR count). The fourth-order valence-corrected chi connectivity index (χ4v) is 2.48. The molecule has 2 aromatic rings. The van der Waals surface area contributed by atoms with Crippen LogP contribution in [-0.2, 0) is 6.54 Å². The van der Waals surface area contributed by atoms with Gasteiger partial charge in [0.2, 0.25) is 5.95 Å².